The second-order valence-electron chi connectivity index (χ2n) is 4.29. The summed E-state index contributed by atoms with van der Waals surface area (Å²) in [6, 6.07) is 6.47. The number of hydrazine groups is 1. The summed E-state index contributed by atoms with van der Waals surface area (Å²) in [6.45, 7) is 2.65. The third kappa shape index (κ3) is 2.86. The van der Waals surface area contributed by atoms with Gasteiger partial charge < -0.3 is 4.74 Å². The lowest BCUT2D eigenvalue weighted by molar-refractivity contribution is -0.147. The number of ether oxygens (including phenoxy) is 1. The van der Waals surface area contributed by atoms with Gasteiger partial charge in [0.15, 0.2) is 0 Å². The Morgan fingerprint density at radius 2 is 2.28 bits per heavy atom. The van der Waals surface area contributed by atoms with Gasteiger partial charge in [0, 0.05) is 12.6 Å². The van der Waals surface area contributed by atoms with Crippen LogP contribution in [0.4, 0.5) is 4.39 Å². The third-order valence-corrected chi connectivity index (χ3v) is 3.08. The van der Waals surface area contributed by atoms with Crippen LogP contribution in [-0.2, 0) is 16.0 Å². The minimum absolute atomic E-state index is 0.138. The van der Waals surface area contributed by atoms with Crippen molar-refractivity contribution in [2.45, 2.75) is 19.4 Å². The fourth-order valence-electron chi connectivity index (χ4n) is 2.13. The molecular formula is C13H17FN2O2. The predicted octanol–water partition coefficient (Wildman–Crippen LogP) is 1.02. The molecule has 0 saturated carbocycles. The molecule has 1 aliphatic heterocycles. The molecule has 2 atom stereocenters. The number of carbonyl (C=O) groups is 1. The lowest BCUT2D eigenvalue weighted by atomic mass is 9.95. The van der Waals surface area contributed by atoms with Gasteiger partial charge in [-0.25, -0.2) is 4.39 Å². The van der Waals surface area contributed by atoms with Crippen molar-refractivity contribution in [1.29, 1.82) is 0 Å². The Labute approximate surface area is 105 Å². The topological polar surface area (TPSA) is 50.4 Å². The number of hydrogen-bond acceptors (Lipinski definition) is 4. The smallest absolute Gasteiger partial charge is 0.311 e. The summed E-state index contributed by atoms with van der Waals surface area (Å²) in [5.74, 6) is -0.755. The molecule has 1 heterocycles. The van der Waals surface area contributed by atoms with Crippen LogP contribution in [0.25, 0.3) is 0 Å². The van der Waals surface area contributed by atoms with Crippen LogP contribution >= 0.6 is 0 Å². The van der Waals surface area contributed by atoms with Crippen molar-refractivity contribution in [1.82, 2.24) is 10.9 Å². The van der Waals surface area contributed by atoms with Crippen LogP contribution in [0.5, 0.6) is 0 Å². The van der Waals surface area contributed by atoms with Crippen molar-refractivity contribution >= 4 is 5.97 Å². The van der Waals surface area contributed by atoms with E-state index in [0.717, 1.165) is 0 Å². The van der Waals surface area contributed by atoms with Gasteiger partial charge in [-0.1, -0.05) is 18.2 Å². The van der Waals surface area contributed by atoms with Gasteiger partial charge in [0.25, 0.3) is 0 Å². The maximum Gasteiger partial charge on any atom is 0.311 e. The minimum Gasteiger partial charge on any atom is -0.466 e. The maximum absolute atomic E-state index is 13.6. The van der Waals surface area contributed by atoms with Crippen molar-refractivity contribution in [3.63, 3.8) is 0 Å². The molecule has 1 aliphatic rings. The summed E-state index contributed by atoms with van der Waals surface area (Å²) in [6.07, 6.45) is 0.461. The molecule has 4 nitrogen and oxygen atoms in total. The zero-order valence-electron chi connectivity index (χ0n) is 10.3. The first kappa shape index (κ1) is 13.0. The highest BCUT2D eigenvalue weighted by Crippen LogP contribution is 2.17. The van der Waals surface area contributed by atoms with Gasteiger partial charge in [0.05, 0.1) is 12.5 Å². The van der Waals surface area contributed by atoms with E-state index in [1.54, 1.807) is 25.1 Å². The van der Waals surface area contributed by atoms with Gasteiger partial charge in [-0.05, 0) is 25.0 Å². The SMILES string of the molecule is CCOC(=O)C1CNNC1Cc1ccccc1F. The van der Waals surface area contributed by atoms with Gasteiger partial charge in [-0.2, -0.15) is 0 Å². The summed E-state index contributed by atoms with van der Waals surface area (Å²) >= 11 is 0. The zero-order valence-corrected chi connectivity index (χ0v) is 10.3. The molecule has 98 valence electrons. The van der Waals surface area contributed by atoms with E-state index in [-0.39, 0.29) is 23.7 Å². The van der Waals surface area contributed by atoms with Gasteiger partial charge in [0.1, 0.15) is 5.82 Å². The van der Waals surface area contributed by atoms with Crippen molar-refractivity contribution < 1.29 is 13.9 Å². The number of rotatable bonds is 4. The van der Waals surface area contributed by atoms with Crippen LogP contribution < -0.4 is 10.9 Å². The van der Waals surface area contributed by atoms with E-state index < -0.39 is 0 Å². The van der Waals surface area contributed by atoms with Crippen LogP contribution in [0.15, 0.2) is 24.3 Å². The van der Waals surface area contributed by atoms with Crippen molar-refractivity contribution in [3.05, 3.63) is 35.6 Å². The van der Waals surface area contributed by atoms with Crippen LogP contribution in [-0.4, -0.2) is 25.2 Å². The largest absolute Gasteiger partial charge is 0.466 e. The van der Waals surface area contributed by atoms with Crippen LogP contribution in [0, 0.1) is 11.7 Å². The van der Waals surface area contributed by atoms with E-state index in [1.807, 2.05) is 0 Å². The summed E-state index contributed by atoms with van der Waals surface area (Å²) in [5, 5.41) is 0. The predicted molar refractivity (Wildman–Crippen MR) is 65.2 cm³/mol. The summed E-state index contributed by atoms with van der Waals surface area (Å²) in [5.41, 5.74) is 6.54. The number of benzene rings is 1. The Hall–Kier alpha value is -1.46. The number of hydrogen-bond donors (Lipinski definition) is 2. The molecule has 0 radical (unpaired) electrons. The van der Waals surface area contributed by atoms with Gasteiger partial charge in [-0.15, -0.1) is 0 Å². The average molecular weight is 252 g/mol. The molecular weight excluding hydrogens is 235 g/mol. The molecule has 1 aromatic rings. The molecule has 2 unspecified atom stereocenters. The molecule has 18 heavy (non-hydrogen) atoms. The van der Waals surface area contributed by atoms with E-state index in [0.29, 0.717) is 25.1 Å². The first-order valence-corrected chi connectivity index (χ1v) is 6.10. The number of nitrogens with one attached hydrogen (secondary N) is 2. The fraction of sp³-hybridized carbons (Fsp3) is 0.462. The molecule has 0 aliphatic carbocycles. The van der Waals surface area contributed by atoms with Crippen LogP contribution in [0.1, 0.15) is 12.5 Å². The van der Waals surface area contributed by atoms with E-state index in [4.69, 9.17) is 4.74 Å². The Kier molecular flexibility index (Phi) is 4.28. The highest BCUT2D eigenvalue weighted by atomic mass is 19.1. The van der Waals surface area contributed by atoms with Crippen LogP contribution in [0.2, 0.25) is 0 Å². The fourth-order valence-corrected chi connectivity index (χ4v) is 2.13. The first-order valence-electron chi connectivity index (χ1n) is 6.10. The lowest BCUT2D eigenvalue weighted by Gasteiger charge is -2.17. The Bertz CT molecular complexity index is 425. The minimum atomic E-state index is -0.274. The lowest BCUT2D eigenvalue weighted by Crippen LogP contribution is -2.36. The van der Waals surface area contributed by atoms with Crippen molar-refractivity contribution in [2.75, 3.05) is 13.2 Å². The molecule has 2 N–H and O–H groups in total. The van der Waals surface area contributed by atoms with Crippen LogP contribution in [0.3, 0.4) is 0 Å². The van der Waals surface area contributed by atoms with E-state index in [2.05, 4.69) is 10.9 Å². The molecule has 2 rings (SSSR count). The number of esters is 1. The molecule has 0 bridgehead atoms. The van der Waals surface area contributed by atoms with E-state index in [9.17, 15) is 9.18 Å². The third-order valence-electron chi connectivity index (χ3n) is 3.08. The molecule has 1 fully saturated rings. The number of halogens is 1. The molecule has 0 aromatic heterocycles. The summed E-state index contributed by atoms with van der Waals surface area (Å²) < 4.78 is 18.6. The molecule has 0 spiro atoms. The molecule has 5 heteroatoms. The highest BCUT2D eigenvalue weighted by molar-refractivity contribution is 5.74. The second-order valence-corrected chi connectivity index (χ2v) is 4.29. The normalized spacial score (nSPS) is 23.0. The van der Waals surface area contributed by atoms with E-state index in [1.165, 1.54) is 6.07 Å². The van der Waals surface area contributed by atoms with Gasteiger partial charge in [0.2, 0.25) is 0 Å². The molecule has 1 aromatic carbocycles. The van der Waals surface area contributed by atoms with Crippen molar-refractivity contribution in [3.8, 4) is 0 Å². The Morgan fingerprint density at radius 3 is 3.00 bits per heavy atom. The quantitative estimate of drug-likeness (QED) is 0.786. The standard InChI is InChI=1S/C13H17FN2O2/c1-2-18-13(17)10-8-15-16-12(10)7-9-5-3-4-6-11(9)14/h3-6,10,12,15-16H,2,7-8H2,1H3. The van der Waals surface area contributed by atoms with Gasteiger partial charge in [-0.3, -0.25) is 15.6 Å². The zero-order chi connectivity index (χ0) is 13.0. The average Bonchev–Trinajstić information content (AvgIpc) is 2.81. The Morgan fingerprint density at radius 1 is 1.50 bits per heavy atom. The Balaban J connectivity index is 2.04. The van der Waals surface area contributed by atoms with Crippen molar-refractivity contribution in [2.24, 2.45) is 5.92 Å². The summed E-state index contributed by atoms with van der Waals surface area (Å²) in [4.78, 5) is 11.7. The summed E-state index contributed by atoms with van der Waals surface area (Å²) in [7, 11) is 0. The second kappa shape index (κ2) is 5.93. The molecule has 0 amide bonds. The number of carbonyl (C=O) groups excluding carboxylic acids is 1. The van der Waals surface area contributed by atoms with E-state index >= 15 is 0 Å². The molecule has 1 saturated heterocycles. The highest BCUT2D eigenvalue weighted by Gasteiger charge is 2.34. The van der Waals surface area contributed by atoms with Gasteiger partial charge >= 0.3 is 5.97 Å². The first-order chi connectivity index (χ1) is 8.72. The monoisotopic (exact) mass is 252 g/mol. The maximum atomic E-state index is 13.6.